The average molecular weight is 459 g/mol. The van der Waals surface area contributed by atoms with Crippen molar-refractivity contribution in [3.63, 3.8) is 0 Å². The monoisotopic (exact) mass is 458 g/mol. The zero-order valence-corrected chi connectivity index (χ0v) is 18.9. The van der Waals surface area contributed by atoms with Crippen LogP contribution in [-0.4, -0.2) is 34.2 Å². The van der Waals surface area contributed by atoms with Gasteiger partial charge >= 0.3 is 0 Å². The summed E-state index contributed by atoms with van der Waals surface area (Å²) in [5.74, 6) is 3.62. The van der Waals surface area contributed by atoms with Crippen LogP contribution in [0.3, 0.4) is 0 Å². The van der Waals surface area contributed by atoms with E-state index >= 15 is 0 Å². The van der Waals surface area contributed by atoms with E-state index in [4.69, 9.17) is 19.5 Å². The zero-order valence-electron chi connectivity index (χ0n) is 18.0. The van der Waals surface area contributed by atoms with Gasteiger partial charge in [0.2, 0.25) is 0 Å². The Balaban J connectivity index is 1.42. The molecule has 0 aliphatic carbocycles. The molecule has 0 saturated carbocycles. The van der Waals surface area contributed by atoms with E-state index in [1.54, 1.807) is 43.1 Å². The second-order valence-corrected chi connectivity index (χ2v) is 7.93. The predicted molar refractivity (Wildman–Crippen MR) is 126 cm³/mol. The van der Waals surface area contributed by atoms with E-state index in [1.807, 2.05) is 59.2 Å². The van der Waals surface area contributed by atoms with Crippen LogP contribution in [0, 0.1) is 11.3 Å². The Hall–Kier alpha value is -3.96. The summed E-state index contributed by atoms with van der Waals surface area (Å²) in [6.45, 7) is 0.770. The molecule has 8 heteroatoms. The Morgan fingerprint density at radius 3 is 2.21 bits per heavy atom. The molecule has 166 valence electrons. The molecule has 7 nitrogen and oxygen atoms in total. The summed E-state index contributed by atoms with van der Waals surface area (Å²) in [7, 11) is 1.63. The van der Waals surface area contributed by atoms with E-state index in [-0.39, 0.29) is 6.61 Å². The van der Waals surface area contributed by atoms with Gasteiger partial charge in [-0.15, -0.1) is 10.2 Å². The SMILES string of the molecule is COc1ccc(OCc2nnc(SCCOc3ccc(C#N)cc3)n2-c2ccccc2)cc1. The second-order valence-electron chi connectivity index (χ2n) is 6.87. The van der Waals surface area contributed by atoms with Crippen LogP contribution in [0.2, 0.25) is 0 Å². The molecule has 0 spiro atoms. The third-order valence-corrected chi connectivity index (χ3v) is 5.60. The maximum atomic E-state index is 8.89. The summed E-state index contributed by atoms with van der Waals surface area (Å²) in [6, 6.07) is 26.5. The third-order valence-electron chi connectivity index (χ3n) is 4.71. The van der Waals surface area contributed by atoms with Crippen molar-refractivity contribution in [2.75, 3.05) is 19.5 Å². The van der Waals surface area contributed by atoms with Gasteiger partial charge in [0, 0.05) is 11.4 Å². The van der Waals surface area contributed by atoms with Crippen molar-refractivity contribution in [3.05, 3.63) is 90.3 Å². The minimum absolute atomic E-state index is 0.274. The maximum Gasteiger partial charge on any atom is 0.196 e. The smallest absolute Gasteiger partial charge is 0.196 e. The summed E-state index contributed by atoms with van der Waals surface area (Å²) >= 11 is 1.56. The zero-order chi connectivity index (χ0) is 22.9. The number of nitrogens with zero attached hydrogens (tertiary/aromatic N) is 4. The predicted octanol–water partition coefficient (Wildman–Crippen LogP) is 4.90. The molecule has 0 amide bonds. The van der Waals surface area contributed by atoms with Crippen LogP contribution in [0.15, 0.2) is 84.0 Å². The number of para-hydroxylation sites is 1. The van der Waals surface area contributed by atoms with Crippen molar-refractivity contribution in [1.29, 1.82) is 5.26 Å². The van der Waals surface area contributed by atoms with Gasteiger partial charge in [-0.2, -0.15) is 5.26 Å². The molecule has 0 aliphatic heterocycles. The fraction of sp³-hybridized carbons (Fsp3) is 0.160. The number of methoxy groups -OCH3 is 1. The Bertz CT molecular complexity index is 1200. The molecular weight excluding hydrogens is 436 g/mol. The normalized spacial score (nSPS) is 10.4. The molecule has 0 aliphatic rings. The van der Waals surface area contributed by atoms with Gasteiger partial charge in [-0.05, 0) is 60.7 Å². The molecule has 0 atom stereocenters. The molecule has 4 aromatic rings. The number of benzene rings is 3. The molecule has 0 saturated heterocycles. The molecule has 0 N–H and O–H groups in total. The summed E-state index contributed by atoms with van der Waals surface area (Å²) in [6.07, 6.45) is 0. The van der Waals surface area contributed by atoms with Crippen LogP contribution in [0.5, 0.6) is 17.2 Å². The van der Waals surface area contributed by atoms with E-state index in [2.05, 4.69) is 16.3 Å². The molecule has 3 aromatic carbocycles. The van der Waals surface area contributed by atoms with Gasteiger partial charge in [0.25, 0.3) is 0 Å². The Labute approximate surface area is 196 Å². The van der Waals surface area contributed by atoms with Crippen LogP contribution >= 0.6 is 11.8 Å². The van der Waals surface area contributed by atoms with Crippen molar-refractivity contribution < 1.29 is 14.2 Å². The summed E-state index contributed by atoms with van der Waals surface area (Å²) in [5.41, 5.74) is 1.57. The third kappa shape index (κ3) is 5.84. The van der Waals surface area contributed by atoms with Crippen molar-refractivity contribution in [2.45, 2.75) is 11.8 Å². The number of nitriles is 1. The minimum Gasteiger partial charge on any atom is -0.497 e. The van der Waals surface area contributed by atoms with Crippen molar-refractivity contribution in [2.24, 2.45) is 0 Å². The molecular formula is C25H22N4O3S. The Morgan fingerprint density at radius 1 is 0.848 bits per heavy atom. The van der Waals surface area contributed by atoms with Crippen LogP contribution in [-0.2, 0) is 6.61 Å². The van der Waals surface area contributed by atoms with Crippen LogP contribution < -0.4 is 14.2 Å². The number of aromatic nitrogens is 3. The van der Waals surface area contributed by atoms with E-state index in [0.717, 1.165) is 28.1 Å². The molecule has 4 rings (SSSR count). The fourth-order valence-electron chi connectivity index (χ4n) is 3.06. The molecule has 1 heterocycles. The second kappa shape index (κ2) is 11.1. The lowest BCUT2D eigenvalue weighted by Gasteiger charge is -2.11. The van der Waals surface area contributed by atoms with Gasteiger partial charge in [-0.1, -0.05) is 30.0 Å². The first-order valence-electron chi connectivity index (χ1n) is 10.3. The molecule has 33 heavy (non-hydrogen) atoms. The number of thioether (sulfide) groups is 1. The highest BCUT2D eigenvalue weighted by molar-refractivity contribution is 7.99. The molecule has 0 radical (unpaired) electrons. The van der Waals surface area contributed by atoms with Crippen LogP contribution in [0.1, 0.15) is 11.4 Å². The Kier molecular flexibility index (Phi) is 7.46. The van der Waals surface area contributed by atoms with Crippen molar-refractivity contribution in [3.8, 4) is 29.0 Å². The first-order valence-corrected chi connectivity index (χ1v) is 11.3. The Morgan fingerprint density at radius 2 is 1.52 bits per heavy atom. The molecule has 1 aromatic heterocycles. The number of hydrogen-bond donors (Lipinski definition) is 0. The van der Waals surface area contributed by atoms with Gasteiger partial charge in [-0.3, -0.25) is 4.57 Å². The van der Waals surface area contributed by atoms with Crippen molar-refractivity contribution in [1.82, 2.24) is 14.8 Å². The van der Waals surface area contributed by atoms with Gasteiger partial charge in [0.05, 0.1) is 25.3 Å². The van der Waals surface area contributed by atoms with E-state index < -0.39 is 0 Å². The summed E-state index contributed by atoms with van der Waals surface area (Å²) in [5, 5.41) is 18.4. The maximum absolute atomic E-state index is 8.89. The van der Waals surface area contributed by atoms with Gasteiger partial charge in [0.15, 0.2) is 11.0 Å². The first-order chi connectivity index (χ1) is 16.3. The number of rotatable bonds is 10. The number of hydrogen-bond acceptors (Lipinski definition) is 7. The van der Waals surface area contributed by atoms with Gasteiger partial charge < -0.3 is 14.2 Å². The standard InChI is InChI=1S/C25H22N4O3S/c1-30-21-11-13-23(14-12-21)32-18-24-27-28-25(29(24)20-5-3-2-4-6-20)33-16-15-31-22-9-7-19(17-26)8-10-22/h2-14H,15-16,18H2,1H3. The number of ether oxygens (including phenoxy) is 3. The van der Waals surface area contributed by atoms with Crippen molar-refractivity contribution >= 4 is 11.8 Å². The molecule has 0 unspecified atom stereocenters. The molecule has 0 fully saturated rings. The highest BCUT2D eigenvalue weighted by atomic mass is 32.2. The summed E-state index contributed by atoms with van der Waals surface area (Å²) < 4.78 is 18.9. The fourth-order valence-corrected chi connectivity index (χ4v) is 3.85. The van der Waals surface area contributed by atoms with E-state index in [0.29, 0.717) is 23.7 Å². The van der Waals surface area contributed by atoms with Crippen LogP contribution in [0.25, 0.3) is 5.69 Å². The topological polar surface area (TPSA) is 82.2 Å². The van der Waals surface area contributed by atoms with Crippen LogP contribution in [0.4, 0.5) is 0 Å². The highest BCUT2D eigenvalue weighted by Gasteiger charge is 2.15. The lowest BCUT2D eigenvalue weighted by Crippen LogP contribution is -2.07. The van der Waals surface area contributed by atoms with E-state index in [9.17, 15) is 0 Å². The average Bonchev–Trinajstić information content (AvgIpc) is 3.29. The minimum atomic E-state index is 0.274. The highest BCUT2D eigenvalue weighted by Crippen LogP contribution is 2.24. The van der Waals surface area contributed by atoms with Gasteiger partial charge in [-0.25, -0.2) is 0 Å². The molecule has 0 bridgehead atoms. The largest absolute Gasteiger partial charge is 0.497 e. The lowest BCUT2D eigenvalue weighted by atomic mass is 10.2. The van der Waals surface area contributed by atoms with Gasteiger partial charge in [0.1, 0.15) is 23.9 Å². The first kappa shape index (κ1) is 22.2. The lowest BCUT2D eigenvalue weighted by molar-refractivity contribution is 0.292. The summed E-state index contributed by atoms with van der Waals surface area (Å²) in [4.78, 5) is 0. The quantitative estimate of drug-likeness (QED) is 0.247. The van der Waals surface area contributed by atoms with E-state index in [1.165, 1.54) is 0 Å².